The molecule has 1 aromatic carbocycles. The zero-order chi connectivity index (χ0) is 18.8. The summed E-state index contributed by atoms with van der Waals surface area (Å²) in [6, 6.07) is 3.05. The number of nitrogens with one attached hydrogen (secondary N) is 1. The molecule has 0 aliphatic carbocycles. The van der Waals surface area contributed by atoms with Crippen LogP contribution in [0.1, 0.15) is 24.2 Å². The molecule has 0 bridgehead atoms. The fourth-order valence-electron chi connectivity index (χ4n) is 2.38. The number of amides is 1. The molecular weight excluding hydrogens is 364 g/mol. The van der Waals surface area contributed by atoms with E-state index in [0.717, 1.165) is 0 Å². The van der Waals surface area contributed by atoms with Crippen LogP contribution in [0, 0.1) is 0 Å². The number of carbonyl (C=O) groups is 1. The van der Waals surface area contributed by atoms with E-state index in [1.165, 1.54) is 38.5 Å². The number of nitrogens with zero attached hydrogens (tertiary/aromatic N) is 3. The largest absolute Gasteiger partial charge is 0.493 e. The Labute approximate surface area is 157 Å². The minimum Gasteiger partial charge on any atom is -0.493 e. The van der Waals surface area contributed by atoms with Gasteiger partial charge >= 0.3 is 0 Å². The van der Waals surface area contributed by atoms with Crippen molar-refractivity contribution in [3.05, 3.63) is 17.7 Å². The Kier molecular flexibility index (Phi) is 6.51. The van der Waals surface area contributed by atoms with Crippen LogP contribution in [0.3, 0.4) is 0 Å². The number of aliphatic imine (C=N–C) groups is 2. The van der Waals surface area contributed by atoms with Gasteiger partial charge in [0.1, 0.15) is 0 Å². The maximum Gasteiger partial charge on any atom is 0.270 e. The number of rotatable bonds is 5. The van der Waals surface area contributed by atoms with Gasteiger partial charge in [0.25, 0.3) is 5.91 Å². The summed E-state index contributed by atoms with van der Waals surface area (Å²) in [6.45, 7) is 3.47. The molecule has 0 unspecified atom stereocenters. The number of halogens is 1. The van der Waals surface area contributed by atoms with Crippen LogP contribution in [0.15, 0.2) is 22.1 Å². The van der Waals surface area contributed by atoms with Crippen molar-refractivity contribution in [1.29, 1.82) is 0 Å². The molecule has 11 heteroatoms. The van der Waals surface area contributed by atoms with Crippen molar-refractivity contribution in [1.82, 2.24) is 10.4 Å². The van der Waals surface area contributed by atoms with E-state index in [1.54, 1.807) is 13.8 Å². The van der Waals surface area contributed by atoms with Crippen LogP contribution in [0.2, 0.25) is 0 Å². The number of carbonyl (C=O) groups excluding carboxylic acids is 1. The molecule has 1 aromatic rings. The fraction of sp³-hybridized carbons (Fsp3) is 0.400. The van der Waals surface area contributed by atoms with Crippen molar-refractivity contribution < 1.29 is 19.0 Å². The number of ether oxygens (including phenoxy) is 3. The smallest absolute Gasteiger partial charge is 0.270 e. The lowest BCUT2D eigenvalue weighted by atomic mass is 10.1. The zero-order valence-corrected chi connectivity index (χ0v) is 16.0. The highest BCUT2D eigenvalue weighted by molar-refractivity contribution is 6.00. The lowest BCUT2D eigenvalue weighted by molar-refractivity contribution is 0.0751. The zero-order valence-electron chi connectivity index (χ0n) is 15.2. The molecule has 1 aliphatic rings. The van der Waals surface area contributed by atoms with Crippen molar-refractivity contribution in [3.8, 4) is 17.2 Å². The number of hydrogen-bond acceptors (Lipinski definition) is 9. The van der Waals surface area contributed by atoms with Crippen LogP contribution in [-0.4, -0.2) is 49.8 Å². The first-order valence-corrected chi connectivity index (χ1v) is 7.34. The molecule has 0 radical (unpaired) electrons. The lowest BCUT2D eigenvalue weighted by Crippen LogP contribution is -2.61. The second-order valence-corrected chi connectivity index (χ2v) is 5.62. The van der Waals surface area contributed by atoms with Gasteiger partial charge < -0.3 is 25.7 Å². The van der Waals surface area contributed by atoms with Crippen LogP contribution in [0.4, 0.5) is 0 Å². The summed E-state index contributed by atoms with van der Waals surface area (Å²) in [5.74, 6) is 0.709. The second kappa shape index (κ2) is 8.00. The molecule has 0 saturated carbocycles. The maximum atomic E-state index is 12.7. The third-order valence-electron chi connectivity index (χ3n) is 3.53. The van der Waals surface area contributed by atoms with Crippen LogP contribution < -0.4 is 31.1 Å². The standard InChI is InChI=1S/C15H22N6O4.ClH/c1-15(2)19-13(16)18-14(17)21(15)20-12(22)8-6-9(23-3)11(25-5)10(7-8)24-4;/h6-7H,1-5H3,(H,20,22)(H4,16,17,18,19);1H. The van der Waals surface area contributed by atoms with Gasteiger partial charge in [-0.25, -0.2) is 10.0 Å². The summed E-state index contributed by atoms with van der Waals surface area (Å²) in [4.78, 5) is 20.7. The second-order valence-electron chi connectivity index (χ2n) is 5.62. The first kappa shape index (κ1) is 21.2. The van der Waals surface area contributed by atoms with Gasteiger partial charge in [-0.1, -0.05) is 0 Å². The van der Waals surface area contributed by atoms with E-state index in [9.17, 15) is 4.79 Å². The van der Waals surface area contributed by atoms with Crippen LogP contribution in [0.25, 0.3) is 0 Å². The molecule has 26 heavy (non-hydrogen) atoms. The quantitative estimate of drug-likeness (QED) is 0.668. The predicted molar refractivity (Wildman–Crippen MR) is 100.0 cm³/mol. The van der Waals surface area contributed by atoms with Crippen LogP contribution in [0.5, 0.6) is 17.2 Å². The molecule has 1 heterocycles. The summed E-state index contributed by atoms with van der Waals surface area (Å²) in [6.07, 6.45) is 0. The minimum absolute atomic E-state index is 0. The number of guanidine groups is 2. The molecular formula is C15H23ClN6O4. The maximum absolute atomic E-state index is 12.7. The molecule has 1 aliphatic heterocycles. The molecule has 5 N–H and O–H groups in total. The van der Waals surface area contributed by atoms with E-state index in [2.05, 4.69) is 15.4 Å². The average Bonchev–Trinajstić information content (AvgIpc) is 2.55. The van der Waals surface area contributed by atoms with Crippen molar-refractivity contribution in [2.75, 3.05) is 21.3 Å². The van der Waals surface area contributed by atoms with Gasteiger partial charge in [0, 0.05) is 5.56 Å². The van der Waals surface area contributed by atoms with Crippen molar-refractivity contribution in [3.63, 3.8) is 0 Å². The van der Waals surface area contributed by atoms with E-state index in [-0.39, 0.29) is 29.9 Å². The Morgan fingerprint density at radius 2 is 1.65 bits per heavy atom. The van der Waals surface area contributed by atoms with Crippen molar-refractivity contribution in [2.45, 2.75) is 19.5 Å². The lowest BCUT2D eigenvalue weighted by Gasteiger charge is -2.37. The van der Waals surface area contributed by atoms with E-state index in [1.807, 2.05) is 0 Å². The van der Waals surface area contributed by atoms with Crippen molar-refractivity contribution in [2.24, 2.45) is 21.5 Å². The van der Waals surface area contributed by atoms with Gasteiger partial charge in [0.2, 0.25) is 17.7 Å². The monoisotopic (exact) mass is 386 g/mol. The summed E-state index contributed by atoms with van der Waals surface area (Å²) in [5, 5.41) is 1.33. The highest BCUT2D eigenvalue weighted by Crippen LogP contribution is 2.38. The van der Waals surface area contributed by atoms with E-state index < -0.39 is 11.6 Å². The number of hydrazine groups is 1. The van der Waals surface area contributed by atoms with Gasteiger partial charge in [-0.3, -0.25) is 10.2 Å². The average molecular weight is 387 g/mol. The number of methoxy groups -OCH3 is 3. The molecule has 10 nitrogen and oxygen atoms in total. The normalized spacial score (nSPS) is 15.2. The van der Waals surface area contributed by atoms with Gasteiger partial charge in [0.05, 0.1) is 21.3 Å². The molecule has 0 atom stereocenters. The molecule has 0 aromatic heterocycles. The predicted octanol–water partition coefficient (Wildman–Crippen LogP) is 0.460. The summed E-state index contributed by atoms with van der Waals surface area (Å²) in [7, 11) is 4.42. The van der Waals surface area contributed by atoms with Crippen molar-refractivity contribution >= 4 is 30.2 Å². The van der Waals surface area contributed by atoms with Gasteiger partial charge in [-0.15, -0.1) is 12.4 Å². The van der Waals surface area contributed by atoms with E-state index in [4.69, 9.17) is 25.7 Å². The first-order chi connectivity index (χ1) is 11.7. The van der Waals surface area contributed by atoms with Gasteiger partial charge in [0.15, 0.2) is 17.2 Å². The van der Waals surface area contributed by atoms with Gasteiger partial charge in [-0.05, 0) is 26.0 Å². The SMILES string of the molecule is COc1cc(C(=O)NN2C(N)=NC(N)=NC2(C)C)cc(OC)c1OC.Cl. The van der Waals surface area contributed by atoms with Gasteiger partial charge in [-0.2, -0.15) is 4.99 Å². The Balaban J connectivity index is 0.00000338. The van der Waals surface area contributed by atoms with E-state index in [0.29, 0.717) is 17.2 Å². The van der Waals surface area contributed by atoms with E-state index >= 15 is 0 Å². The molecule has 1 amide bonds. The Hall–Kier alpha value is -2.88. The molecule has 0 saturated heterocycles. The van der Waals surface area contributed by atoms with Crippen LogP contribution >= 0.6 is 12.4 Å². The number of benzene rings is 1. The third kappa shape index (κ3) is 4.02. The summed E-state index contributed by atoms with van der Waals surface area (Å²) in [5.41, 5.74) is 13.5. The Bertz CT molecular complexity index is 725. The summed E-state index contributed by atoms with van der Waals surface area (Å²) >= 11 is 0. The number of nitrogens with two attached hydrogens (primary N) is 2. The minimum atomic E-state index is -0.897. The third-order valence-corrected chi connectivity index (χ3v) is 3.53. The van der Waals surface area contributed by atoms with Crippen LogP contribution in [-0.2, 0) is 0 Å². The first-order valence-electron chi connectivity index (χ1n) is 7.34. The highest BCUT2D eigenvalue weighted by Gasteiger charge is 2.33. The molecule has 0 fully saturated rings. The Morgan fingerprint density at radius 1 is 1.12 bits per heavy atom. The molecule has 144 valence electrons. The summed E-state index contributed by atoms with van der Waals surface area (Å²) < 4.78 is 15.7. The molecule has 0 spiro atoms. The fourth-order valence-corrected chi connectivity index (χ4v) is 2.38. The topological polar surface area (TPSA) is 137 Å². The molecule has 2 rings (SSSR count). The highest BCUT2D eigenvalue weighted by atomic mass is 35.5. The Morgan fingerprint density at radius 3 is 2.08 bits per heavy atom. The number of hydrogen-bond donors (Lipinski definition) is 3.